The lowest BCUT2D eigenvalue weighted by Gasteiger charge is -2.03. The quantitative estimate of drug-likeness (QED) is 0.762. The highest BCUT2D eigenvalue weighted by Gasteiger charge is 2.06. The molecule has 0 unspecified atom stereocenters. The highest BCUT2D eigenvalue weighted by atomic mass is 16.5. The predicted octanol–water partition coefficient (Wildman–Crippen LogP) is 2.02. The van der Waals surface area contributed by atoms with Gasteiger partial charge in [0.05, 0.1) is 7.11 Å². The number of aromatic nitrogens is 2. The minimum absolute atomic E-state index is 0.297. The Morgan fingerprint density at radius 1 is 1.19 bits per heavy atom. The maximum absolute atomic E-state index is 8.83. The van der Waals surface area contributed by atoms with Gasteiger partial charge < -0.3 is 4.74 Å². The minimum atomic E-state index is 0.297. The lowest BCUT2D eigenvalue weighted by Crippen LogP contribution is -1.96. The third-order valence-corrected chi connectivity index (χ3v) is 2.06. The van der Waals surface area contributed by atoms with Crippen molar-refractivity contribution in [1.29, 1.82) is 5.26 Å². The SMILES string of the molecule is COc1cc(C#N)nc(-c2ccccc2)n1. The molecule has 0 bridgehead atoms. The van der Waals surface area contributed by atoms with Gasteiger partial charge in [-0.25, -0.2) is 4.98 Å². The Hall–Kier alpha value is -2.41. The fraction of sp³-hybridized carbons (Fsp3) is 0.0833. The van der Waals surface area contributed by atoms with Gasteiger partial charge in [0, 0.05) is 11.6 Å². The molecule has 0 spiro atoms. The summed E-state index contributed by atoms with van der Waals surface area (Å²) >= 11 is 0. The molecule has 0 aliphatic rings. The van der Waals surface area contributed by atoms with Crippen LogP contribution in [0.5, 0.6) is 5.88 Å². The van der Waals surface area contributed by atoms with E-state index in [1.165, 1.54) is 13.2 Å². The zero-order chi connectivity index (χ0) is 11.4. The van der Waals surface area contributed by atoms with Crippen LogP contribution in [0.2, 0.25) is 0 Å². The molecule has 0 aliphatic carbocycles. The van der Waals surface area contributed by atoms with E-state index < -0.39 is 0 Å². The Kier molecular flexibility index (Phi) is 2.79. The molecule has 1 heterocycles. The molecule has 2 rings (SSSR count). The molecule has 4 heteroatoms. The monoisotopic (exact) mass is 211 g/mol. The van der Waals surface area contributed by atoms with Crippen molar-refractivity contribution in [2.45, 2.75) is 0 Å². The van der Waals surface area contributed by atoms with E-state index in [4.69, 9.17) is 10.00 Å². The predicted molar refractivity (Wildman–Crippen MR) is 58.7 cm³/mol. The van der Waals surface area contributed by atoms with Crippen molar-refractivity contribution in [3.63, 3.8) is 0 Å². The largest absolute Gasteiger partial charge is 0.481 e. The average Bonchev–Trinajstić information content (AvgIpc) is 2.39. The number of nitriles is 1. The first-order valence-electron chi connectivity index (χ1n) is 4.72. The zero-order valence-electron chi connectivity index (χ0n) is 8.71. The summed E-state index contributed by atoms with van der Waals surface area (Å²) in [4.78, 5) is 8.30. The minimum Gasteiger partial charge on any atom is -0.481 e. The lowest BCUT2D eigenvalue weighted by atomic mass is 10.2. The standard InChI is InChI=1S/C12H9N3O/c1-16-11-7-10(8-13)14-12(15-11)9-5-3-2-4-6-9/h2-7H,1H3. The fourth-order valence-corrected chi connectivity index (χ4v) is 1.30. The second-order valence-corrected chi connectivity index (χ2v) is 3.10. The van der Waals surface area contributed by atoms with Gasteiger partial charge in [-0.1, -0.05) is 30.3 Å². The smallest absolute Gasteiger partial charge is 0.217 e. The maximum Gasteiger partial charge on any atom is 0.217 e. The molecule has 78 valence electrons. The molecule has 0 saturated carbocycles. The number of ether oxygens (including phenoxy) is 1. The molecule has 0 aliphatic heterocycles. The van der Waals surface area contributed by atoms with Crippen LogP contribution in [0.4, 0.5) is 0 Å². The summed E-state index contributed by atoms with van der Waals surface area (Å²) in [5.74, 6) is 0.891. The molecule has 0 fully saturated rings. The van der Waals surface area contributed by atoms with Crippen molar-refractivity contribution in [3.8, 4) is 23.3 Å². The summed E-state index contributed by atoms with van der Waals surface area (Å²) < 4.78 is 5.02. The molecule has 16 heavy (non-hydrogen) atoms. The number of benzene rings is 1. The van der Waals surface area contributed by atoms with Gasteiger partial charge in [0.15, 0.2) is 5.82 Å². The Balaban J connectivity index is 2.54. The molecule has 4 nitrogen and oxygen atoms in total. The van der Waals surface area contributed by atoms with Crippen molar-refractivity contribution >= 4 is 0 Å². The topological polar surface area (TPSA) is 58.8 Å². The summed E-state index contributed by atoms with van der Waals surface area (Å²) in [5.41, 5.74) is 1.16. The molecule has 1 aromatic carbocycles. The van der Waals surface area contributed by atoms with Crippen LogP contribution in [0.3, 0.4) is 0 Å². The summed E-state index contributed by atoms with van der Waals surface area (Å²) in [6.07, 6.45) is 0. The number of hydrogen-bond acceptors (Lipinski definition) is 4. The van der Waals surface area contributed by atoms with Gasteiger partial charge in [-0.15, -0.1) is 0 Å². The van der Waals surface area contributed by atoms with Crippen LogP contribution in [-0.2, 0) is 0 Å². The first-order chi connectivity index (χ1) is 7.83. The van der Waals surface area contributed by atoms with Crippen molar-refractivity contribution in [2.24, 2.45) is 0 Å². The van der Waals surface area contributed by atoms with Crippen molar-refractivity contribution in [1.82, 2.24) is 9.97 Å². The zero-order valence-corrected chi connectivity index (χ0v) is 8.71. The van der Waals surface area contributed by atoms with E-state index in [0.717, 1.165) is 5.56 Å². The van der Waals surface area contributed by atoms with Crippen LogP contribution in [-0.4, -0.2) is 17.1 Å². The molecule has 0 amide bonds. The second-order valence-electron chi connectivity index (χ2n) is 3.10. The number of hydrogen-bond donors (Lipinski definition) is 0. The van der Waals surface area contributed by atoms with Crippen molar-refractivity contribution in [2.75, 3.05) is 7.11 Å². The van der Waals surface area contributed by atoms with Gasteiger partial charge in [-0.2, -0.15) is 10.2 Å². The van der Waals surface area contributed by atoms with E-state index in [0.29, 0.717) is 17.4 Å². The molecule has 0 radical (unpaired) electrons. The summed E-state index contributed by atoms with van der Waals surface area (Å²) in [7, 11) is 1.51. The van der Waals surface area contributed by atoms with E-state index >= 15 is 0 Å². The highest BCUT2D eigenvalue weighted by molar-refractivity contribution is 5.55. The van der Waals surface area contributed by atoms with Crippen LogP contribution in [0.15, 0.2) is 36.4 Å². The van der Waals surface area contributed by atoms with Crippen LogP contribution < -0.4 is 4.74 Å². The molecule has 2 aromatic rings. The molecular weight excluding hydrogens is 202 g/mol. The van der Waals surface area contributed by atoms with Gasteiger partial charge in [0.25, 0.3) is 0 Å². The fourth-order valence-electron chi connectivity index (χ4n) is 1.30. The number of rotatable bonds is 2. The average molecular weight is 211 g/mol. The molecule has 0 N–H and O–H groups in total. The van der Waals surface area contributed by atoms with Crippen LogP contribution in [0.1, 0.15) is 5.69 Å². The Morgan fingerprint density at radius 3 is 2.56 bits per heavy atom. The van der Waals surface area contributed by atoms with Gasteiger partial charge in [-0.3, -0.25) is 0 Å². The summed E-state index contributed by atoms with van der Waals surface area (Å²) in [5, 5.41) is 8.83. The molecule has 0 saturated heterocycles. The Labute approximate surface area is 93.2 Å². The summed E-state index contributed by atoms with van der Waals surface area (Å²) in [6.45, 7) is 0. The Morgan fingerprint density at radius 2 is 1.94 bits per heavy atom. The van der Waals surface area contributed by atoms with Crippen LogP contribution in [0.25, 0.3) is 11.4 Å². The van der Waals surface area contributed by atoms with E-state index in [1.54, 1.807) is 0 Å². The van der Waals surface area contributed by atoms with Gasteiger partial charge in [0.1, 0.15) is 11.8 Å². The highest BCUT2D eigenvalue weighted by Crippen LogP contribution is 2.18. The second kappa shape index (κ2) is 4.41. The van der Waals surface area contributed by atoms with Gasteiger partial charge in [0.2, 0.25) is 5.88 Å². The number of methoxy groups -OCH3 is 1. The Bertz CT molecular complexity index is 532. The van der Waals surface area contributed by atoms with E-state index in [2.05, 4.69) is 9.97 Å². The maximum atomic E-state index is 8.83. The van der Waals surface area contributed by atoms with E-state index in [1.807, 2.05) is 36.4 Å². The number of nitrogens with zero attached hydrogens (tertiary/aromatic N) is 3. The molecular formula is C12H9N3O. The third kappa shape index (κ3) is 1.98. The molecule has 1 aromatic heterocycles. The van der Waals surface area contributed by atoms with Gasteiger partial charge >= 0.3 is 0 Å². The van der Waals surface area contributed by atoms with Crippen LogP contribution in [0, 0.1) is 11.3 Å². The van der Waals surface area contributed by atoms with E-state index in [-0.39, 0.29) is 0 Å². The lowest BCUT2D eigenvalue weighted by molar-refractivity contribution is 0.397. The molecule has 0 atom stereocenters. The van der Waals surface area contributed by atoms with Gasteiger partial charge in [-0.05, 0) is 0 Å². The van der Waals surface area contributed by atoms with Crippen molar-refractivity contribution in [3.05, 3.63) is 42.1 Å². The van der Waals surface area contributed by atoms with Crippen LogP contribution >= 0.6 is 0 Å². The summed E-state index contributed by atoms with van der Waals surface area (Å²) in [6, 6.07) is 13.0. The first kappa shape index (κ1) is 10.1. The third-order valence-electron chi connectivity index (χ3n) is 2.06. The van der Waals surface area contributed by atoms with E-state index in [9.17, 15) is 0 Å². The van der Waals surface area contributed by atoms with Crippen molar-refractivity contribution < 1.29 is 4.74 Å². The normalized spacial score (nSPS) is 9.50. The first-order valence-corrected chi connectivity index (χ1v) is 4.72.